The molecule has 0 aliphatic carbocycles. The van der Waals surface area contributed by atoms with Crippen LogP contribution in [0.5, 0.6) is 0 Å². The first-order valence-corrected chi connectivity index (χ1v) is 8.58. The van der Waals surface area contributed by atoms with Crippen molar-refractivity contribution in [1.82, 2.24) is 14.9 Å². The molecule has 0 saturated heterocycles. The Morgan fingerprint density at radius 1 is 1.36 bits per heavy atom. The third kappa shape index (κ3) is 4.16. The lowest BCUT2D eigenvalue weighted by Gasteiger charge is -2.15. The van der Waals surface area contributed by atoms with Crippen LogP contribution in [0.15, 0.2) is 40.8 Å². The first kappa shape index (κ1) is 16.7. The number of carbonyl (C=O) groups is 1. The average Bonchev–Trinajstić information content (AvgIpc) is 2.53. The molecule has 1 amide bonds. The standard InChI is InChI=1S/C15H21N3O3S/c1-18(2)15(19)13-4-3-5-14(10-13)22(20,21)17-11-12-6-8-16-9-7-12/h3-6,10,16-17H,7-9,11H2,1-2H3. The van der Waals surface area contributed by atoms with Gasteiger partial charge in [-0.25, -0.2) is 13.1 Å². The fourth-order valence-corrected chi connectivity index (χ4v) is 3.24. The molecule has 1 aromatic carbocycles. The molecule has 6 nitrogen and oxygen atoms in total. The minimum Gasteiger partial charge on any atom is -0.345 e. The van der Waals surface area contributed by atoms with Gasteiger partial charge in [-0.15, -0.1) is 0 Å². The number of nitrogens with one attached hydrogen (secondary N) is 2. The highest BCUT2D eigenvalue weighted by Crippen LogP contribution is 2.13. The van der Waals surface area contributed by atoms with Crippen molar-refractivity contribution in [2.45, 2.75) is 11.3 Å². The molecular formula is C15H21N3O3S. The Morgan fingerprint density at radius 2 is 2.14 bits per heavy atom. The third-order valence-corrected chi connectivity index (χ3v) is 4.84. The van der Waals surface area contributed by atoms with Crippen LogP contribution in [-0.2, 0) is 10.0 Å². The van der Waals surface area contributed by atoms with Crippen LogP contribution in [0, 0.1) is 0 Å². The summed E-state index contributed by atoms with van der Waals surface area (Å²) >= 11 is 0. The zero-order valence-electron chi connectivity index (χ0n) is 12.8. The number of hydrogen-bond donors (Lipinski definition) is 2. The van der Waals surface area contributed by atoms with Crippen LogP contribution < -0.4 is 10.0 Å². The minimum absolute atomic E-state index is 0.106. The van der Waals surface area contributed by atoms with Gasteiger partial charge in [-0.1, -0.05) is 17.7 Å². The number of rotatable bonds is 5. The Labute approximate surface area is 131 Å². The van der Waals surface area contributed by atoms with Crippen molar-refractivity contribution in [2.24, 2.45) is 0 Å². The molecule has 0 unspecified atom stereocenters. The maximum Gasteiger partial charge on any atom is 0.253 e. The fraction of sp³-hybridized carbons (Fsp3) is 0.400. The molecule has 2 N–H and O–H groups in total. The molecule has 2 rings (SSSR count). The van der Waals surface area contributed by atoms with E-state index in [9.17, 15) is 13.2 Å². The molecule has 0 saturated carbocycles. The highest BCUT2D eigenvalue weighted by molar-refractivity contribution is 7.89. The van der Waals surface area contributed by atoms with E-state index >= 15 is 0 Å². The molecule has 0 aromatic heterocycles. The van der Waals surface area contributed by atoms with Crippen molar-refractivity contribution in [3.8, 4) is 0 Å². The summed E-state index contributed by atoms with van der Waals surface area (Å²) in [6.07, 6.45) is 2.83. The van der Waals surface area contributed by atoms with E-state index in [0.29, 0.717) is 12.1 Å². The van der Waals surface area contributed by atoms with E-state index in [-0.39, 0.29) is 10.8 Å². The Kier molecular flexibility index (Phi) is 5.33. The van der Waals surface area contributed by atoms with E-state index in [2.05, 4.69) is 10.0 Å². The summed E-state index contributed by atoms with van der Waals surface area (Å²) in [5, 5.41) is 3.18. The summed E-state index contributed by atoms with van der Waals surface area (Å²) in [5.74, 6) is -0.224. The topological polar surface area (TPSA) is 78.5 Å². The van der Waals surface area contributed by atoms with Gasteiger partial charge in [-0.05, 0) is 31.2 Å². The first-order chi connectivity index (χ1) is 10.4. The van der Waals surface area contributed by atoms with E-state index in [0.717, 1.165) is 25.1 Å². The maximum absolute atomic E-state index is 12.3. The molecule has 1 aliphatic rings. The second kappa shape index (κ2) is 7.04. The lowest BCUT2D eigenvalue weighted by atomic mass is 10.1. The number of sulfonamides is 1. The number of hydrogen-bond acceptors (Lipinski definition) is 4. The SMILES string of the molecule is CN(C)C(=O)c1cccc(S(=O)(=O)NCC2=CCNCC2)c1. The van der Waals surface area contributed by atoms with E-state index in [1.807, 2.05) is 6.08 Å². The Bertz CT molecular complexity index is 681. The van der Waals surface area contributed by atoms with E-state index in [1.165, 1.54) is 17.0 Å². The van der Waals surface area contributed by atoms with Gasteiger partial charge < -0.3 is 10.2 Å². The summed E-state index contributed by atoms with van der Waals surface area (Å²) in [5.41, 5.74) is 1.43. The monoisotopic (exact) mass is 323 g/mol. The van der Waals surface area contributed by atoms with Crippen molar-refractivity contribution in [3.63, 3.8) is 0 Å². The van der Waals surface area contributed by atoms with Gasteiger partial charge in [0.05, 0.1) is 4.90 Å². The average molecular weight is 323 g/mol. The predicted molar refractivity (Wildman–Crippen MR) is 85.2 cm³/mol. The number of nitrogens with zero attached hydrogens (tertiary/aromatic N) is 1. The van der Waals surface area contributed by atoms with Crippen molar-refractivity contribution < 1.29 is 13.2 Å². The van der Waals surface area contributed by atoms with Crippen LogP contribution >= 0.6 is 0 Å². The second-order valence-electron chi connectivity index (χ2n) is 5.37. The second-order valence-corrected chi connectivity index (χ2v) is 7.14. The molecule has 1 aromatic rings. The van der Waals surface area contributed by atoms with Crippen LogP contribution in [0.25, 0.3) is 0 Å². The summed E-state index contributed by atoms with van der Waals surface area (Å²) < 4.78 is 27.3. The van der Waals surface area contributed by atoms with Crippen molar-refractivity contribution in [1.29, 1.82) is 0 Å². The molecule has 1 heterocycles. The molecule has 22 heavy (non-hydrogen) atoms. The van der Waals surface area contributed by atoms with E-state index in [1.54, 1.807) is 26.2 Å². The number of benzene rings is 1. The molecule has 7 heteroatoms. The predicted octanol–water partition coefficient (Wildman–Crippen LogP) is 0.586. The third-order valence-electron chi connectivity index (χ3n) is 3.44. The molecule has 0 atom stereocenters. The van der Waals surface area contributed by atoms with Gasteiger partial charge in [-0.2, -0.15) is 0 Å². The maximum atomic E-state index is 12.3. The quantitative estimate of drug-likeness (QED) is 0.777. The van der Waals surface area contributed by atoms with Gasteiger partial charge in [-0.3, -0.25) is 4.79 Å². The highest BCUT2D eigenvalue weighted by atomic mass is 32.2. The lowest BCUT2D eigenvalue weighted by molar-refractivity contribution is 0.0827. The summed E-state index contributed by atoms with van der Waals surface area (Å²) in [6.45, 7) is 1.93. The fourth-order valence-electron chi connectivity index (χ4n) is 2.16. The Balaban J connectivity index is 2.13. The van der Waals surface area contributed by atoms with Crippen LogP contribution in [0.4, 0.5) is 0 Å². The lowest BCUT2D eigenvalue weighted by Crippen LogP contribution is -2.30. The van der Waals surface area contributed by atoms with E-state index < -0.39 is 10.0 Å². The van der Waals surface area contributed by atoms with Crippen LogP contribution in [0.2, 0.25) is 0 Å². The van der Waals surface area contributed by atoms with Crippen molar-refractivity contribution >= 4 is 15.9 Å². The highest BCUT2D eigenvalue weighted by Gasteiger charge is 2.17. The summed E-state index contributed by atoms with van der Waals surface area (Å²) in [4.78, 5) is 13.4. The van der Waals surface area contributed by atoms with Gasteiger partial charge in [0.2, 0.25) is 10.0 Å². The van der Waals surface area contributed by atoms with Crippen LogP contribution in [-0.4, -0.2) is 53.0 Å². The smallest absolute Gasteiger partial charge is 0.253 e. The first-order valence-electron chi connectivity index (χ1n) is 7.10. The van der Waals surface area contributed by atoms with Gasteiger partial charge in [0.15, 0.2) is 0 Å². The molecule has 0 spiro atoms. The molecule has 0 fully saturated rings. The van der Waals surface area contributed by atoms with Crippen molar-refractivity contribution in [2.75, 3.05) is 33.7 Å². The van der Waals surface area contributed by atoms with Gasteiger partial charge in [0.25, 0.3) is 5.91 Å². The Hall–Kier alpha value is -1.70. The minimum atomic E-state index is -3.62. The summed E-state index contributed by atoms with van der Waals surface area (Å²) in [6, 6.07) is 6.08. The number of carbonyl (C=O) groups excluding carboxylic acids is 1. The molecule has 1 aliphatic heterocycles. The zero-order chi connectivity index (χ0) is 16.2. The van der Waals surface area contributed by atoms with Gasteiger partial charge in [0, 0.05) is 32.7 Å². The van der Waals surface area contributed by atoms with Crippen molar-refractivity contribution in [3.05, 3.63) is 41.5 Å². The van der Waals surface area contributed by atoms with Gasteiger partial charge in [0.1, 0.15) is 0 Å². The van der Waals surface area contributed by atoms with Crippen LogP contribution in [0.3, 0.4) is 0 Å². The van der Waals surface area contributed by atoms with E-state index in [4.69, 9.17) is 0 Å². The molecule has 0 bridgehead atoms. The molecule has 0 radical (unpaired) electrons. The van der Waals surface area contributed by atoms with Crippen LogP contribution in [0.1, 0.15) is 16.8 Å². The normalized spacial score (nSPS) is 15.3. The molecule has 120 valence electrons. The summed E-state index contributed by atoms with van der Waals surface area (Å²) in [7, 11) is -0.363. The Morgan fingerprint density at radius 3 is 2.77 bits per heavy atom. The number of amides is 1. The molecular weight excluding hydrogens is 302 g/mol. The largest absolute Gasteiger partial charge is 0.345 e. The zero-order valence-corrected chi connectivity index (χ0v) is 13.6. The van der Waals surface area contributed by atoms with Gasteiger partial charge >= 0.3 is 0 Å².